The number of carbonyl (C=O) groups excluding carboxylic acids is 1. The molecule has 0 fully saturated rings. The number of anilines is 1. The van der Waals surface area contributed by atoms with E-state index in [1.807, 2.05) is 39.0 Å². The van der Waals surface area contributed by atoms with Gasteiger partial charge < -0.3 is 5.32 Å². The molecule has 1 N–H and O–H groups in total. The third kappa shape index (κ3) is 5.23. The summed E-state index contributed by atoms with van der Waals surface area (Å²) in [6, 6.07) is 11.3. The van der Waals surface area contributed by atoms with Crippen LogP contribution in [0, 0.1) is 13.8 Å². The van der Waals surface area contributed by atoms with Crippen molar-refractivity contribution in [2.45, 2.75) is 39.8 Å². The zero-order valence-corrected chi connectivity index (χ0v) is 17.7. The number of nitrogens with zero attached hydrogens (tertiary/aromatic N) is 1. The monoisotopic (exact) mass is 408 g/mol. The molecule has 0 bridgehead atoms. The second-order valence-electron chi connectivity index (χ2n) is 6.80. The van der Waals surface area contributed by atoms with E-state index in [1.54, 1.807) is 31.2 Å². The average molecular weight is 409 g/mol. The first-order valence-corrected chi connectivity index (χ1v) is 10.9. The molecule has 0 heterocycles. The van der Waals surface area contributed by atoms with Crippen LogP contribution >= 0.6 is 11.6 Å². The summed E-state index contributed by atoms with van der Waals surface area (Å²) in [7, 11) is -3.66. The first-order chi connectivity index (χ1) is 12.5. The van der Waals surface area contributed by atoms with Crippen LogP contribution in [0.2, 0.25) is 5.02 Å². The quantitative estimate of drug-likeness (QED) is 0.785. The van der Waals surface area contributed by atoms with E-state index in [9.17, 15) is 13.2 Å². The number of benzene rings is 2. The summed E-state index contributed by atoms with van der Waals surface area (Å²) in [6.07, 6.45) is 1.08. The molecule has 0 saturated carbocycles. The van der Waals surface area contributed by atoms with Crippen molar-refractivity contribution in [1.29, 1.82) is 0 Å². The highest BCUT2D eigenvalue weighted by molar-refractivity contribution is 7.92. The highest BCUT2D eigenvalue weighted by Gasteiger charge is 2.30. The summed E-state index contributed by atoms with van der Waals surface area (Å²) in [4.78, 5) is 12.8. The number of rotatable bonds is 6. The van der Waals surface area contributed by atoms with Crippen LogP contribution in [0.4, 0.5) is 5.69 Å². The van der Waals surface area contributed by atoms with E-state index >= 15 is 0 Å². The van der Waals surface area contributed by atoms with Crippen molar-refractivity contribution in [2.24, 2.45) is 0 Å². The first-order valence-electron chi connectivity index (χ1n) is 8.63. The number of carbonyl (C=O) groups is 1. The standard InChI is InChI=1S/C20H25ClN2O3S/c1-13-6-7-14(2)19(12-13)15(3)22-20(24)16(4)23(27(5,25)26)18-10-8-17(21)9-11-18/h6-12,15-16H,1-5H3,(H,22,24)/t15-,16-/m1/s1. The van der Waals surface area contributed by atoms with Gasteiger partial charge in [0.05, 0.1) is 18.0 Å². The third-order valence-electron chi connectivity index (χ3n) is 4.43. The molecule has 0 aliphatic rings. The Morgan fingerprint density at radius 1 is 1.07 bits per heavy atom. The Hall–Kier alpha value is -2.05. The van der Waals surface area contributed by atoms with Crippen molar-refractivity contribution in [2.75, 3.05) is 10.6 Å². The van der Waals surface area contributed by atoms with Crippen LogP contribution in [0.15, 0.2) is 42.5 Å². The lowest BCUT2D eigenvalue weighted by molar-refractivity contribution is -0.122. The molecular formula is C20H25ClN2O3S. The minimum Gasteiger partial charge on any atom is -0.348 e. The zero-order chi connectivity index (χ0) is 20.4. The Balaban J connectivity index is 2.27. The molecule has 146 valence electrons. The van der Waals surface area contributed by atoms with E-state index in [-0.39, 0.29) is 11.9 Å². The van der Waals surface area contributed by atoms with Crippen molar-refractivity contribution in [3.8, 4) is 0 Å². The predicted octanol–water partition coefficient (Wildman–Crippen LogP) is 3.99. The minimum atomic E-state index is -3.66. The Bertz CT molecular complexity index is 927. The van der Waals surface area contributed by atoms with Crippen molar-refractivity contribution < 1.29 is 13.2 Å². The number of nitrogens with one attached hydrogen (secondary N) is 1. The van der Waals surface area contributed by atoms with E-state index in [1.165, 1.54) is 0 Å². The molecule has 0 saturated heterocycles. The van der Waals surface area contributed by atoms with Gasteiger partial charge in [0.1, 0.15) is 6.04 Å². The highest BCUT2D eigenvalue weighted by Crippen LogP contribution is 2.24. The van der Waals surface area contributed by atoms with E-state index in [0.29, 0.717) is 10.7 Å². The number of hydrogen-bond donors (Lipinski definition) is 1. The normalized spacial score (nSPS) is 13.7. The van der Waals surface area contributed by atoms with E-state index in [2.05, 4.69) is 5.32 Å². The van der Waals surface area contributed by atoms with Gasteiger partial charge in [-0.15, -0.1) is 0 Å². The number of amides is 1. The number of aryl methyl sites for hydroxylation is 2. The molecule has 0 aliphatic carbocycles. The van der Waals surface area contributed by atoms with Gasteiger partial charge in [-0.3, -0.25) is 9.10 Å². The van der Waals surface area contributed by atoms with Crippen LogP contribution in [0.3, 0.4) is 0 Å². The molecule has 0 unspecified atom stereocenters. The Kier molecular flexibility index (Phi) is 6.54. The molecule has 0 radical (unpaired) electrons. The SMILES string of the molecule is Cc1ccc(C)c([C@@H](C)NC(=O)[C@@H](C)N(c2ccc(Cl)cc2)S(C)(=O)=O)c1. The molecule has 0 aromatic heterocycles. The van der Waals surface area contributed by atoms with Crippen molar-refractivity contribution in [1.82, 2.24) is 5.32 Å². The number of hydrogen-bond acceptors (Lipinski definition) is 3. The van der Waals surface area contributed by atoms with Crippen LogP contribution in [0.1, 0.15) is 36.6 Å². The fourth-order valence-corrected chi connectivity index (χ4v) is 4.34. The van der Waals surface area contributed by atoms with Crippen molar-refractivity contribution in [3.63, 3.8) is 0 Å². The minimum absolute atomic E-state index is 0.244. The van der Waals surface area contributed by atoms with E-state index in [4.69, 9.17) is 11.6 Å². The number of halogens is 1. The smallest absolute Gasteiger partial charge is 0.244 e. The van der Waals surface area contributed by atoms with Gasteiger partial charge in [-0.1, -0.05) is 35.4 Å². The maximum atomic E-state index is 12.8. The molecule has 0 aliphatic heterocycles. The molecule has 0 spiro atoms. The maximum absolute atomic E-state index is 12.8. The molecule has 2 aromatic rings. The van der Waals surface area contributed by atoms with Gasteiger partial charge in [0.2, 0.25) is 15.9 Å². The van der Waals surface area contributed by atoms with E-state index < -0.39 is 16.1 Å². The topological polar surface area (TPSA) is 66.5 Å². The molecule has 5 nitrogen and oxygen atoms in total. The first kappa shape index (κ1) is 21.3. The van der Waals surface area contributed by atoms with Gasteiger partial charge in [0.15, 0.2) is 0 Å². The molecule has 2 rings (SSSR count). The summed E-state index contributed by atoms with van der Waals surface area (Å²) in [6.45, 7) is 7.43. The van der Waals surface area contributed by atoms with Crippen LogP contribution in [-0.2, 0) is 14.8 Å². The zero-order valence-electron chi connectivity index (χ0n) is 16.2. The van der Waals surface area contributed by atoms with E-state index in [0.717, 1.165) is 27.3 Å². The lowest BCUT2D eigenvalue weighted by atomic mass is 10.00. The Labute approximate surface area is 166 Å². The van der Waals surface area contributed by atoms with Gasteiger partial charge >= 0.3 is 0 Å². The van der Waals surface area contributed by atoms with Crippen LogP contribution in [-0.4, -0.2) is 26.6 Å². The third-order valence-corrected chi connectivity index (χ3v) is 5.92. The van der Waals surface area contributed by atoms with Gasteiger partial charge in [-0.2, -0.15) is 0 Å². The average Bonchev–Trinajstić information content (AvgIpc) is 2.57. The lowest BCUT2D eigenvalue weighted by Gasteiger charge is -2.29. The second kappa shape index (κ2) is 8.31. The summed E-state index contributed by atoms with van der Waals surface area (Å²) in [5.74, 6) is -0.371. The predicted molar refractivity (Wildman–Crippen MR) is 111 cm³/mol. The van der Waals surface area contributed by atoms with Gasteiger partial charge in [0, 0.05) is 5.02 Å². The van der Waals surface area contributed by atoms with Crippen LogP contribution in [0.5, 0.6) is 0 Å². The molecule has 2 atom stereocenters. The van der Waals surface area contributed by atoms with Gasteiger partial charge in [0.25, 0.3) is 0 Å². The Morgan fingerprint density at radius 2 is 1.67 bits per heavy atom. The van der Waals surface area contributed by atoms with Crippen LogP contribution in [0.25, 0.3) is 0 Å². The number of sulfonamides is 1. The fraction of sp³-hybridized carbons (Fsp3) is 0.350. The molecule has 27 heavy (non-hydrogen) atoms. The molecule has 7 heteroatoms. The maximum Gasteiger partial charge on any atom is 0.244 e. The summed E-state index contributed by atoms with van der Waals surface area (Å²) >= 11 is 5.89. The van der Waals surface area contributed by atoms with Crippen LogP contribution < -0.4 is 9.62 Å². The second-order valence-corrected chi connectivity index (χ2v) is 9.10. The molecular weight excluding hydrogens is 384 g/mol. The summed E-state index contributed by atoms with van der Waals surface area (Å²) < 4.78 is 25.8. The molecule has 2 aromatic carbocycles. The van der Waals surface area contributed by atoms with Gasteiger partial charge in [-0.05, 0) is 63.1 Å². The van der Waals surface area contributed by atoms with Crippen molar-refractivity contribution in [3.05, 3.63) is 64.2 Å². The fourth-order valence-electron chi connectivity index (χ4n) is 3.03. The Morgan fingerprint density at radius 3 is 2.22 bits per heavy atom. The summed E-state index contributed by atoms with van der Waals surface area (Å²) in [5, 5.41) is 3.42. The highest BCUT2D eigenvalue weighted by atomic mass is 35.5. The lowest BCUT2D eigenvalue weighted by Crippen LogP contribution is -2.48. The largest absolute Gasteiger partial charge is 0.348 e. The summed E-state index contributed by atoms with van der Waals surface area (Å²) in [5.41, 5.74) is 3.57. The van der Waals surface area contributed by atoms with Gasteiger partial charge in [-0.25, -0.2) is 8.42 Å². The molecule has 1 amide bonds. The van der Waals surface area contributed by atoms with Crippen molar-refractivity contribution >= 4 is 33.2 Å².